The van der Waals surface area contributed by atoms with E-state index in [1.165, 1.54) is 6.07 Å². The van der Waals surface area contributed by atoms with E-state index in [1.54, 1.807) is 38.1 Å². The Morgan fingerprint density at radius 3 is 2.43 bits per heavy atom. The van der Waals surface area contributed by atoms with Gasteiger partial charge in [-0.15, -0.1) is 0 Å². The number of rotatable bonds is 8. The fraction of sp³-hybridized carbons (Fsp3) is 0.400. The summed E-state index contributed by atoms with van der Waals surface area (Å²) in [6.07, 6.45) is -4.05. The highest BCUT2D eigenvalue weighted by atomic mass is 19.4. The molecule has 3 N–H and O–H groups in total. The number of benzene rings is 2. The zero-order valence-electron chi connectivity index (χ0n) is 19.1. The Morgan fingerprint density at radius 1 is 1.17 bits per heavy atom. The molecule has 0 unspecified atom stereocenters. The zero-order valence-corrected chi connectivity index (χ0v) is 19.1. The van der Waals surface area contributed by atoms with Gasteiger partial charge < -0.3 is 14.8 Å². The van der Waals surface area contributed by atoms with Crippen LogP contribution >= 0.6 is 0 Å². The normalized spacial score (nSPS) is 16.7. The van der Waals surface area contributed by atoms with Crippen LogP contribution in [0.25, 0.3) is 21.9 Å². The Morgan fingerprint density at radius 2 is 1.86 bits per heavy atom. The van der Waals surface area contributed by atoms with Gasteiger partial charge in [-0.05, 0) is 43.4 Å². The minimum Gasteiger partial charge on any atom is -0.478 e. The number of hydrogen-bond donors (Lipinski definition) is 3. The second kappa shape index (κ2) is 8.89. The number of nitriles is 1. The predicted octanol–water partition coefficient (Wildman–Crippen LogP) is 5.06. The third-order valence-corrected chi connectivity index (χ3v) is 6.15. The maximum absolute atomic E-state index is 14.6. The number of nitrogens with one attached hydrogen (secondary N) is 2. The lowest BCUT2D eigenvalue weighted by molar-refractivity contribution is -0.161. The molecule has 0 aliphatic heterocycles. The number of nitrogens with zero attached hydrogens (tertiary/aromatic N) is 1. The number of carbonyl (C=O) groups excluding carboxylic acids is 1. The minimum absolute atomic E-state index is 0.0229. The lowest BCUT2D eigenvalue weighted by Gasteiger charge is -2.30. The lowest BCUT2D eigenvalue weighted by Crippen LogP contribution is -2.52. The Balaban J connectivity index is 1.87. The van der Waals surface area contributed by atoms with E-state index < -0.39 is 46.8 Å². The predicted molar refractivity (Wildman–Crippen MR) is 122 cm³/mol. The van der Waals surface area contributed by atoms with E-state index in [0.29, 0.717) is 23.8 Å². The number of carbonyl (C=O) groups is 2. The molecule has 3 aromatic rings. The van der Waals surface area contributed by atoms with Crippen molar-refractivity contribution in [3.63, 3.8) is 0 Å². The third kappa shape index (κ3) is 4.82. The SMILES string of the molecule is CC(C)C[C@H](N[C@@H](c1c(C(=O)O)ccc2oc3ccccc3c12)C(F)(F)F)C(=O)NC1(C#N)CC1. The van der Waals surface area contributed by atoms with Gasteiger partial charge in [0.1, 0.15) is 22.7 Å². The Bertz CT molecular complexity index is 1340. The van der Waals surface area contributed by atoms with Crippen LogP contribution in [0.3, 0.4) is 0 Å². The Hall–Kier alpha value is -3.58. The molecule has 4 rings (SSSR count). The fourth-order valence-electron chi connectivity index (χ4n) is 4.31. The van der Waals surface area contributed by atoms with Crippen LogP contribution in [0.4, 0.5) is 13.2 Å². The molecule has 10 heteroatoms. The topological polar surface area (TPSA) is 115 Å². The van der Waals surface area contributed by atoms with Gasteiger partial charge in [0.15, 0.2) is 0 Å². The summed E-state index contributed by atoms with van der Waals surface area (Å²) < 4.78 is 49.5. The van der Waals surface area contributed by atoms with Gasteiger partial charge in [0.05, 0.1) is 17.7 Å². The molecule has 1 aliphatic carbocycles. The summed E-state index contributed by atoms with van der Waals surface area (Å²) in [6.45, 7) is 3.52. The van der Waals surface area contributed by atoms with Gasteiger partial charge in [-0.25, -0.2) is 4.79 Å². The number of carboxylic acids is 1. The lowest BCUT2D eigenvalue weighted by atomic mass is 9.92. The third-order valence-electron chi connectivity index (χ3n) is 6.15. The second-order valence-corrected chi connectivity index (χ2v) is 9.31. The number of carboxylic acid groups (broad SMARTS) is 1. The highest BCUT2D eigenvalue weighted by Gasteiger charge is 2.48. The number of hydrogen-bond acceptors (Lipinski definition) is 5. The van der Waals surface area contributed by atoms with Crippen LogP contribution in [0.1, 0.15) is 55.1 Å². The molecule has 1 fully saturated rings. The molecular formula is C25H24F3N3O4. The van der Waals surface area contributed by atoms with Crippen molar-refractivity contribution in [1.82, 2.24) is 10.6 Å². The number of amides is 1. The molecular weight excluding hydrogens is 463 g/mol. The number of furan rings is 1. The number of para-hydroxylation sites is 1. The van der Waals surface area contributed by atoms with Crippen LogP contribution in [-0.4, -0.2) is 34.7 Å². The minimum atomic E-state index is -4.95. The molecule has 0 spiro atoms. The largest absolute Gasteiger partial charge is 0.478 e. The van der Waals surface area contributed by atoms with Crippen LogP contribution in [0.2, 0.25) is 0 Å². The highest BCUT2D eigenvalue weighted by Crippen LogP contribution is 2.42. The molecule has 0 bridgehead atoms. The summed E-state index contributed by atoms with van der Waals surface area (Å²) in [5.74, 6) is -2.42. The standard InChI is InChI=1S/C25H24F3N3O4/c1-13(2)11-16(22(32)31-24(12-29)9-10-24)30-21(25(26,27)28)20-15(23(33)34)7-8-18-19(20)14-5-3-4-6-17(14)35-18/h3-8,13,16,21,30H,9-11H2,1-2H3,(H,31,32)(H,33,34)/t16-,21-/m0/s1. The van der Waals surface area contributed by atoms with E-state index in [2.05, 4.69) is 10.6 Å². The summed E-state index contributed by atoms with van der Waals surface area (Å²) >= 11 is 0. The van der Waals surface area contributed by atoms with Gasteiger partial charge in [-0.3, -0.25) is 10.1 Å². The smallest absolute Gasteiger partial charge is 0.407 e. The highest BCUT2D eigenvalue weighted by molar-refractivity contribution is 6.10. The van der Waals surface area contributed by atoms with E-state index in [-0.39, 0.29) is 23.3 Å². The van der Waals surface area contributed by atoms with E-state index in [1.807, 2.05) is 6.07 Å². The van der Waals surface area contributed by atoms with E-state index in [9.17, 15) is 33.1 Å². The van der Waals surface area contributed by atoms with Crippen molar-refractivity contribution >= 4 is 33.8 Å². The maximum atomic E-state index is 14.6. The van der Waals surface area contributed by atoms with Crippen molar-refractivity contribution in [2.75, 3.05) is 0 Å². The number of halogens is 3. The Labute approximate surface area is 198 Å². The number of fused-ring (bicyclic) bond motifs is 3. The summed E-state index contributed by atoms with van der Waals surface area (Å²) in [7, 11) is 0. The van der Waals surface area contributed by atoms with Crippen molar-refractivity contribution in [3.05, 3.63) is 47.5 Å². The van der Waals surface area contributed by atoms with Crippen LogP contribution < -0.4 is 10.6 Å². The van der Waals surface area contributed by atoms with E-state index in [4.69, 9.17) is 4.42 Å². The van der Waals surface area contributed by atoms with Crippen molar-refractivity contribution < 1.29 is 32.3 Å². The van der Waals surface area contributed by atoms with E-state index >= 15 is 0 Å². The quantitative estimate of drug-likeness (QED) is 0.409. The molecule has 35 heavy (non-hydrogen) atoms. The van der Waals surface area contributed by atoms with Crippen LogP contribution in [0.5, 0.6) is 0 Å². The molecule has 1 heterocycles. The van der Waals surface area contributed by atoms with Crippen molar-refractivity contribution in [2.24, 2.45) is 5.92 Å². The Kier molecular flexibility index (Phi) is 6.23. The molecule has 1 amide bonds. The first-order chi connectivity index (χ1) is 16.5. The van der Waals surface area contributed by atoms with Gasteiger partial charge in [-0.2, -0.15) is 18.4 Å². The molecule has 7 nitrogen and oxygen atoms in total. The molecule has 1 aliphatic rings. The number of aromatic carboxylic acids is 1. The van der Waals surface area contributed by atoms with Crippen LogP contribution in [0, 0.1) is 17.2 Å². The van der Waals surface area contributed by atoms with Gasteiger partial charge in [0.25, 0.3) is 0 Å². The summed E-state index contributed by atoms with van der Waals surface area (Å²) in [5, 5.41) is 24.4. The van der Waals surface area contributed by atoms with Crippen molar-refractivity contribution in [1.29, 1.82) is 5.26 Å². The molecule has 0 radical (unpaired) electrons. The summed E-state index contributed by atoms with van der Waals surface area (Å²) in [5.41, 5.74) is -1.70. The maximum Gasteiger partial charge on any atom is 0.407 e. The van der Waals surface area contributed by atoms with Crippen molar-refractivity contribution in [3.8, 4) is 6.07 Å². The second-order valence-electron chi connectivity index (χ2n) is 9.31. The molecule has 1 saturated carbocycles. The van der Waals surface area contributed by atoms with Gasteiger partial charge in [-0.1, -0.05) is 32.0 Å². The van der Waals surface area contributed by atoms with E-state index in [0.717, 1.165) is 6.07 Å². The summed E-state index contributed by atoms with van der Waals surface area (Å²) in [4.78, 5) is 25.1. The molecule has 2 aromatic carbocycles. The average molecular weight is 487 g/mol. The molecule has 0 saturated heterocycles. The van der Waals surface area contributed by atoms with Crippen LogP contribution in [0.15, 0.2) is 40.8 Å². The zero-order chi connectivity index (χ0) is 25.5. The summed E-state index contributed by atoms with van der Waals surface area (Å²) in [6, 6.07) is 7.04. The first kappa shape index (κ1) is 24.5. The first-order valence-electron chi connectivity index (χ1n) is 11.2. The average Bonchev–Trinajstić information content (AvgIpc) is 3.45. The van der Waals surface area contributed by atoms with Crippen LogP contribution in [-0.2, 0) is 4.79 Å². The monoisotopic (exact) mass is 487 g/mol. The molecule has 1 aromatic heterocycles. The van der Waals surface area contributed by atoms with Gasteiger partial charge >= 0.3 is 12.1 Å². The first-order valence-corrected chi connectivity index (χ1v) is 11.2. The molecule has 2 atom stereocenters. The van der Waals surface area contributed by atoms with Gasteiger partial charge in [0.2, 0.25) is 5.91 Å². The number of alkyl halides is 3. The van der Waals surface area contributed by atoms with Gasteiger partial charge in [0, 0.05) is 16.3 Å². The fourth-order valence-corrected chi connectivity index (χ4v) is 4.31. The molecule has 184 valence electrons. The van der Waals surface area contributed by atoms with Crippen molar-refractivity contribution in [2.45, 2.75) is 56.9 Å².